The average molecular weight is 464 g/mol. The number of hydrogen-bond donors (Lipinski definition) is 1. The number of nitrogens with zero attached hydrogens (tertiary/aromatic N) is 1. The highest BCUT2D eigenvalue weighted by Gasteiger charge is 2.62. The summed E-state index contributed by atoms with van der Waals surface area (Å²) >= 11 is 1.28. The molecule has 0 spiro atoms. The van der Waals surface area contributed by atoms with Crippen LogP contribution in [0, 0.1) is 51.8 Å². The topological polar surface area (TPSA) is 40.5 Å². The quantitative estimate of drug-likeness (QED) is 0.332. The van der Waals surface area contributed by atoms with Crippen LogP contribution in [0.25, 0.3) is 0 Å². The molecule has 0 bridgehead atoms. The Morgan fingerprint density at radius 3 is 2.53 bits per heavy atom. The molecule has 0 aromatic rings. The van der Waals surface area contributed by atoms with E-state index in [1.165, 1.54) is 69.7 Å². The van der Waals surface area contributed by atoms with Crippen LogP contribution in [0.4, 0.5) is 0 Å². The fraction of sp³-hybridized carbons (Fsp3) is 0.964. The second-order valence-corrected chi connectivity index (χ2v) is 14.5. The maximum absolute atomic E-state index is 11.4. The largest absolute Gasteiger partial charge is 0.393 e. The molecule has 9 unspecified atom stereocenters. The lowest BCUT2D eigenvalue weighted by Crippen LogP contribution is -2.57. The Hall–Kier alpha value is -0.0600. The summed E-state index contributed by atoms with van der Waals surface area (Å²) in [6, 6.07) is 0. The van der Waals surface area contributed by atoms with Crippen LogP contribution in [0.2, 0.25) is 0 Å². The SMILES string of the molecule is CC(CN(C)SC=O)C(C)(C)CC1CCC2C3C(O)CC4CCCCC4(C)C3CCC12C. The van der Waals surface area contributed by atoms with Crippen LogP contribution < -0.4 is 0 Å². The van der Waals surface area contributed by atoms with Crippen molar-refractivity contribution in [1.82, 2.24) is 4.31 Å². The first-order valence-electron chi connectivity index (χ1n) is 13.5. The summed E-state index contributed by atoms with van der Waals surface area (Å²) in [4.78, 5) is 10.9. The van der Waals surface area contributed by atoms with Crippen molar-refractivity contribution in [2.45, 2.75) is 105 Å². The summed E-state index contributed by atoms with van der Waals surface area (Å²) in [5.74, 6) is 4.05. The number of carbonyl (C=O) groups excluding carboxylic acids is 1. The monoisotopic (exact) mass is 463 g/mol. The zero-order valence-corrected chi connectivity index (χ0v) is 22.4. The smallest absolute Gasteiger partial charge is 0.191 e. The molecule has 4 rings (SSSR count). The summed E-state index contributed by atoms with van der Waals surface area (Å²) in [5, 5.41) is 11.4. The third-order valence-corrected chi connectivity index (χ3v) is 12.3. The molecule has 4 heteroatoms. The summed E-state index contributed by atoms with van der Waals surface area (Å²) < 4.78 is 2.09. The van der Waals surface area contributed by atoms with Crippen molar-refractivity contribution in [2.75, 3.05) is 13.6 Å². The molecule has 0 aromatic heterocycles. The number of aliphatic hydroxyl groups is 1. The molecule has 4 fully saturated rings. The van der Waals surface area contributed by atoms with Crippen LogP contribution in [0.1, 0.15) is 98.8 Å². The molecule has 32 heavy (non-hydrogen) atoms. The summed E-state index contributed by atoms with van der Waals surface area (Å²) in [5.41, 5.74) is 2.06. The Kier molecular flexibility index (Phi) is 7.19. The molecule has 4 saturated carbocycles. The molecule has 1 N–H and O–H groups in total. The molecule has 0 amide bonds. The molecular weight excluding hydrogens is 414 g/mol. The zero-order valence-electron chi connectivity index (χ0n) is 21.6. The highest BCUT2D eigenvalue weighted by atomic mass is 32.2. The minimum Gasteiger partial charge on any atom is -0.393 e. The van der Waals surface area contributed by atoms with Gasteiger partial charge in [0.05, 0.1) is 6.10 Å². The van der Waals surface area contributed by atoms with Gasteiger partial charge < -0.3 is 5.11 Å². The summed E-state index contributed by atoms with van der Waals surface area (Å²) in [6.45, 7) is 13.4. The second kappa shape index (κ2) is 9.19. The van der Waals surface area contributed by atoms with Crippen LogP contribution in [-0.4, -0.2) is 34.7 Å². The van der Waals surface area contributed by atoms with E-state index in [0.717, 1.165) is 36.3 Å². The van der Waals surface area contributed by atoms with E-state index in [9.17, 15) is 9.90 Å². The molecule has 3 nitrogen and oxygen atoms in total. The van der Waals surface area contributed by atoms with Crippen LogP contribution in [0.5, 0.6) is 0 Å². The lowest BCUT2D eigenvalue weighted by molar-refractivity contribution is -0.163. The minimum absolute atomic E-state index is 0.0690. The molecule has 4 aliphatic rings. The molecule has 9 atom stereocenters. The van der Waals surface area contributed by atoms with E-state index >= 15 is 0 Å². The predicted molar refractivity (Wildman–Crippen MR) is 136 cm³/mol. The first kappa shape index (κ1) is 25.0. The van der Waals surface area contributed by atoms with Gasteiger partial charge in [-0.1, -0.05) is 47.5 Å². The number of carbonyl (C=O) groups is 1. The van der Waals surface area contributed by atoms with Gasteiger partial charge in [-0.05, 0) is 122 Å². The van der Waals surface area contributed by atoms with Crippen molar-refractivity contribution in [1.29, 1.82) is 0 Å². The molecule has 4 aliphatic carbocycles. The van der Waals surface area contributed by atoms with Crippen molar-refractivity contribution >= 4 is 17.6 Å². The van der Waals surface area contributed by atoms with Gasteiger partial charge in [0.25, 0.3) is 0 Å². The van der Waals surface area contributed by atoms with Crippen LogP contribution in [0.15, 0.2) is 0 Å². The lowest BCUT2D eigenvalue weighted by Gasteiger charge is -2.62. The summed E-state index contributed by atoms with van der Waals surface area (Å²) in [7, 11) is 2.03. The van der Waals surface area contributed by atoms with Gasteiger partial charge in [0.2, 0.25) is 0 Å². The highest BCUT2D eigenvalue weighted by molar-refractivity contribution is 8.09. The van der Waals surface area contributed by atoms with Crippen molar-refractivity contribution in [3.05, 3.63) is 0 Å². The molecule has 0 aromatic carbocycles. The van der Waals surface area contributed by atoms with Crippen molar-refractivity contribution in [3.8, 4) is 0 Å². The predicted octanol–water partition coefficient (Wildman–Crippen LogP) is 6.83. The standard InChI is InChI=1S/C28H49NO2S/c1-19(17-29(6)32-18-30)26(2,3)16-21-10-11-22-25-23(12-14-28(21,22)5)27(4)13-8-7-9-20(27)15-24(25)31/h18-25,31H,7-17H2,1-6H3. The Labute approximate surface area is 202 Å². The van der Waals surface area contributed by atoms with E-state index < -0.39 is 0 Å². The van der Waals surface area contributed by atoms with Gasteiger partial charge in [0.1, 0.15) is 0 Å². The maximum atomic E-state index is 11.4. The van der Waals surface area contributed by atoms with Gasteiger partial charge in [0.15, 0.2) is 5.62 Å². The lowest BCUT2D eigenvalue weighted by atomic mass is 9.44. The number of aliphatic hydroxyl groups excluding tert-OH is 1. The first-order valence-corrected chi connectivity index (χ1v) is 14.4. The van der Waals surface area contributed by atoms with E-state index in [4.69, 9.17) is 0 Å². The Balaban J connectivity index is 1.49. The Morgan fingerprint density at radius 2 is 1.81 bits per heavy atom. The van der Waals surface area contributed by atoms with Gasteiger partial charge in [0, 0.05) is 6.54 Å². The van der Waals surface area contributed by atoms with Crippen molar-refractivity contribution < 1.29 is 9.90 Å². The van der Waals surface area contributed by atoms with Gasteiger partial charge >= 0.3 is 0 Å². The molecule has 0 aliphatic heterocycles. The number of hydrogen-bond acceptors (Lipinski definition) is 4. The van der Waals surface area contributed by atoms with E-state index in [1.807, 2.05) is 7.05 Å². The molecule has 0 saturated heterocycles. The summed E-state index contributed by atoms with van der Waals surface area (Å²) in [6.07, 6.45) is 13.2. The van der Waals surface area contributed by atoms with Gasteiger partial charge in [-0.3, -0.25) is 4.79 Å². The second-order valence-electron chi connectivity index (χ2n) is 13.5. The Bertz CT molecular complexity index is 682. The number of fused-ring (bicyclic) bond motifs is 5. The van der Waals surface area contributed by atoms with E-state index in [2.05, 4.69) is 38.9 Å². The molecule has 0 radical (unpaired) electrons. The van der Waals surface area contributed by atoms with Crippen LogP contribution in [0.3, 0.4) is 0 Å². The zero-order chi connectivity index (χ0) is 23.3. The number of rotatable bonds is 7. The van der Waals surface area contributed by atoms with E-state index in [0.29, 0.717) is 28.6 Å². The fourth-order valence-electron chi connectivity index (χ4n) is 9.28. The van der Waals surface area contributed by atoms with Crippen LogP contribution in [-0.2, 0) is 4.79 Å². The van der Waals surface area contributed by atoms with Crippen molar-refractivity contribution in [3.63, 3.8) is 0 Å². The van der Waals surface area contributed by atoms with E-state index in [-0.39, 0.29) is 11.5 Å². The van der Waals surface area contributed by atoms with E-state index in [1.54, 1.807) is 0 Å². The highest BCUT2D eigenvalue weighted by Crippen LogP contribution is 2.68. The van der Waals surface area contributed by atoms with Gasteiger partial charge in [-0.25, -0.2) is 4.31 Å². The Morgan fingerprint density at radius 1 is 1.09 bits per heavy atom. The molecule has 0 heterocycles. The third kappa shape index (κ3) is 4.24. The first-order chi connectivity index (χ1) is 15.0. The van der Waals surface area contributed by atoms with Gasteiger partial charge in [-0.2, -0.15) is 0 Å². The third-order valence-electron chi connectivity index (χ3n) is 11.7. The molecule has 184 valence electrons. The molecular formula is C28H49NO2S. The van der Waals surface area contributed by atoms with Crippen molar-refractivity contribution in [2.24, 2.45) is 51.8 Å². The average Bonchev–Trinajstić information content (AvgIpc) is 3.04. The minimum atomic E-state index is -0.0690. The normalized spacial score (nSPS) is 45.1. The van der Waals surface area contributed by atoms with Crippen LogP contribution >= 0.6 is 11.9 Å². The maximum Gasteiger partial charge on any atom is 0.191 e. The fourth-order valence-corrected chi connectivity index (χ4v) is 9.74. The van der Waals surface area contributed by atoms with Gasteiger partial charge in [-0.15, -0.1) is 0 Å².